The molecular weight excluding hydrogens is 637 g/mol. The maximum absolute atomic E-state index is 13.7. The number of ether oxygens (including phenoxy) is 3. The molecule has 2 atom stereocenters. The minimum atomic E-state index is -1.24. The maximum Gasteiger partial charge on any atom is 0.334 e. The van der Waals surface area contributed by atoms with Crippen LogP contribution in [0.4, 0.5) is 0 Å². The van der Waals surface area contributed by atoms with Crippen LogP contribution in [-0.2, 0) is 30.3 Å². The Morgan fingerprint density at radius 3 is 1.94 bits per heavy atom. The third-order valence-electron chi connectivity index (χ3n) is 9.12. The molecule has 2 aliphatic heterocycles. The van der Waals surface area contributed by atoms with Crippen molar-refractivity contribution in [2.75, 3.05) is 13.2 Å². The third kappa shape index (κ3) is 6.29. The van der Waals surface area contributed by atoms with Crippen LogP contribution in [0.1, 0.15) is 75.6 Å². The number of aliphatic hydroxyl groups excluding tert-OH is 2. The second kappa shape index (κ2) is 13.5. The summed E-state index contributed by atoms with van der Waals surface area (Å²) in [5.74, 6) is 0.258. The minimum Gasteiger partial charge on any atom is -0.456 e. The van der Waals surface area contributed by atoms with E-state index in [0.29, 0.717) is 48.3 Å². The van der Waals surface area contributed by atoms with Gasteiger partial charge in [-0.15, -0.1) is 0 Å². The monoisotopic (exact) mass is 678 g/mol. The van der Waals surface area contributed by atoms with Crippen LogP contribution in [0.25, 0.3) is 11.1 Å². The summed E-state index contributed by atoms with van der Waals surface area (Å²) in [5.41, 5.74) is 1.94. The molecule has 7 nitrogen and oxygen atoms in total. The molecule has 0 aromatic heterocycles. The average Bonchev–Trinajstić information content (AvgIpc) is 3.09. The first-order chi connectivity index (χ1) is 23.4. The Bertz CT molecular complexity index is 1930. The molecule has 0 bridgehead atoms. The SMILES string of the molecule is C=C(C)C(=O)OC1(CCCO)c2ccccc2Oc2ccc(-c3ccc4c(c3)C(CCCO)(OC(=O)C(C)(C)C)c3ccccc3S4)cc21. The zero-order valence-corrected chi connectivity index (χ0v) is 29.2. The zero-order valence-electron chi connectivity index (χ0n) is 28.4. The normalized spacial score (nSPS) is 19.0. The second-order valence-electron chi connectivity index (χ2n) is 13.7. The Kier molecular flexibility index (Phi) is 9.50. The molecule has 0 amide bonds. The van der Waals surface area contributed by atoms with Gasteiger partial charge in [0, 0.05) is 50.8 Å². The van der Waals surface area contributed by atoms with Gasteiger partial charge in [-0.1, -0.05) is 66.9 Å². The van der Waals surface area contributed by atoms with E-state index in [2.05, 4.69) is 18.7 Å². The molecule has 6 rings (SSSR count). The fourth-order valence-electron chi connectivity index (χ4n) is 6.61. The number of hydrogen-bond donors (Lipinski definition) is 2. The van der Waals surface area contributed by atoms with Gasteiger partial charge in [0.2, 0.25) is 0 Å². The van der Waals surface area contributed by atoms with Crippen LogP contribution in [0, 0.1) is 5.41 Å². The van der Waals surface area contributed by atoms with E-state index >= 15 is 0 Å². The van der Waals surface area contributed by atoms with Gasteiger partial charge in [-0.25, -0.2) is 4.79 Å². The molecule has 0 saturated heterocycles. The molecular formula is C41H42O7S. The number of para-hydroxylation sites is 1. The van der Waals surface area contributed by atoms with Gasteiger partial charge in [-0.05, 0) is 101 Å². The lowest BCUT2D eigenvalue weighted by Gasteiger charge is -2.41. The van der Waals surface area contributed by atoms with Gasteiger partial charge >= 0.3 is 11.9 Å². The predicted molar refractivity (Wildman–Crippen MR) is 190 cm³/mol. The number of fused-ring (bicyclic) bond motifs is 4. The maximum atomic E-state index is 13.7. The molecule has 254 valence electrons. The van der Waals surface area contributed by atoms with Crippen LogP contribution in [0.15, 0.2) is 107 Å². The van der Waals surface area contributed by atoms with Gasteiger partial charge in [0.1, 0.15) is 11.5 Å². The van der Waals surface area contributed by atoms with Crippen molar-refractivity contribution in [2.24, 2.45) is 5.41 Å². The second-order valence-corrected chi connectivity index (χ2v) is 14.8. The minimum absolute atomic E-state index is 0.0513. The molecule has 2 N–H and O–H groups in total. The lowest BCUT2D eigenvalue weighted by atomic mass is 9.78. The summed E-state index contributed by atoms with van der Waals surface area (Å²) < 4.78 is 19.3. The lowest BCUT2D eigenvalue weighted by molar-refractivity contribution is -0.168. The first-order valence-corrected chi connectivity index (χ1v) is 17.4. The van der Waals surface area contributed by atoms with Gasteiger partial charge in [0.25, 0.3) is 0 Å². The molecule has 8 heteroatoms. The van der Waals surface area contributed by atoms with E-state index in [1.54, 1.807) is 18.7 Å². The number of rotatable bonds is 10. The number of aliphatic hydroxyl groups is 2. The molecule has 0 saturated carbocycles. The topological polar surface area (TPSA) is 102 Å². The number of carbonyl (C=O) groups is 2. The summed E-state index contributed by atoms with van der Waals surface area (Å²) in [7, 11) is 0. The van der Waals surface area contributed by atoms with Crippen LogP contribution < -0.4 is 4.74 Å². The van der Waals surface area contributed by atoms with Crippen LogP contribution in [0.2, 0.25) is 0 Å². The summed E-state index contributed by atoms with van der Waals surface area (Å²) in [6.45, 7) is 10.8. The summed E-state index contributed by atoms with van der Waals surface area (Å²) in [5, 5.41) is 20.0. The van der Waals surface area contributed by atoms with Crippen LogP contribution >= 0.6 is 11.8 Å². The molecule has 4 aromatic carbocycles. The number of hydrogen-bond acceptors (Lipinski definition) is 8. The average molecular weight is 679 g/mol. The molecule has 2 unspecified atom stereocenters. The predicted octanol–water partition coefficient (Wildman–Crippen LogP) is 8.66. The van der Waals surface area contributed by atoms with Crippen LogP contribution in [-0.4, -0.2) is 35.4 Å². The Morgan fingerprint density at radius 1 is 0.735 bits per heavy atom. The van der Waals surface area contributed by atoms with E-state index in [0.717, 1.165) is 32.0 Å². The molecule has 0 spiro atoms. The molecule has 4 aromatic rings. The van der Waals surface area contributed by atoms with Gasteiger partial charge in [0.15, 0.2) is 11.2 Å². The largest absolute Gasteiger partial charge is 0.456 e. The van der Waals surface area contributed by atoms with E-state index in [-0.39, 0.29) is 24.8 Å². The van der Waals surface area contributed by atoms with E-state index in [1.165, 1.54) is 0 Å². The highest BCUT2D eigenvalue weighted by molar-refractivity contribution is 7.99. The summed E-state index contributed by atoms with van der Waals surface area (Å²) in [6.07, 6.45) is 1.53. The first-order valence-electron chi connectivity index (χ1n) is 16.6. The van der Waals surface area contributed by atoms with E-state index < -0.39 is 22.6 Å². The summed E-state index contributed by atoms with van der Waals surface area (Å²) in [6, 6.07) is 27.4. The van der Waals surface area contributed by atoms with Crippen molar-refractivity contribution in [1.29, 1.82) is 0 Å². The van der Waals surface area contributed by atoms with E-state index in [9.17, 15) is 19.8 Å². The highest BCUT2D eigenvalue weighted by atomic mass is 32.2. The van der Waals surface area contributed by atoms with Crippen molar-refractivity contribution in [3.8, 4) is 22.6 Å². The molecule has 0 radical (unpaired) electrons. The van der Waals surface area contributed by atoms with Gasteiger partial charge in [-0.3, -0.25) is 4.79 Å². The highest BCUT2D eigenvalue weighted by Crippen LogP contribution is 2.55. The quantitative estimate of drug-likeness (QED) is 0.127. The van der Waals surface area contributed by atoms with Crippen molar-refractivity contribution >= 4 is 23.7 Å². The Hall–Kier alpha value is -4.37. The first kappa shape index (κ1) is 34.5. The Labute approximate surface area is 291 Å². The van der Waals surface area contributed by atoms with Gasteiger partial charge < -0.3 is 24.4 Å². The Morgan fingerprint density at radius 2 is 1.29 bits per heavy atom. The number of carbonyl (C=O) groups excluding carboxylic acids is 2. The van der Waals surface area contributed by atoms with Crippen LogP contribution in [0.5, 0.6) is 11.5 Å². The molecule has 49 heavy (non-hydrogen) atoms. The van der Waals surface area contributed by atoms with E-state index in [4.69, 9.17) is 14.2 Å². The summed E-state index contributed by atoms with van der Waals surface area (Å²) in [4.78, 5) is 28.9. The van der Waals surface area contributed by atoms with Crippen molar-refractivity contribution in [3.63, 3.8) is 0 Å². The van der Waals surface area contributed by atoms with Crippen molar-refractivity contribution in [1.82, 2.24) is 0 Å². The number of esters is 2. The van der Waals surface area contributed by atoms with E-state index in [1.807, 2.05) is 93.6 Å². The van der Waals surface area contributed by atoms with Gasteiger partial charge in [0.05, 0.1) is 5.41 Å². The smallest absolute Gasteiger partial charge is 0.334 e. The molecule has 0 aliphatic carbocycles. The highest BCUT2D eigenvalue weighted by Gasteiger charge is 2.47. The van der Waals surface area contributed by atoms with Crippen molar-refractivity contribution < 1.29 is 34.0 Å². The Balaban J connectivity index is 1.54. The fourth-order valence-corrected chi connectivity index (χ4v) is 7.80. The van der Waals surface area contributed by atoms with Gasteiger partial charge in [-0.2, -0.15) is 0 Å². The molecule has 2 aliphatic rings. The van der Waals surface area contributed by atoms with Crippen molar-refractivity contribution in [2.45, 2.75) is 74.4 Å². The fraction of sp³-hybridized carbons (Fsp3) is 0.317. The summed E-state index contributed by atoms with van der Waals surface area (Å²) >= 11 is 1.63. The van der Waals surface area contributed by atoms with Crippen molar-refractivity contribution in [3.05, 3.63) is 119 Å². The molecule has 0 fully saturated rings. The standard InChI is InChI=1S/C41H42O7S/c1-26(2)37(44)47-40(20-10-22-42)29-12-6-8-14-33(29)46-34-18-16-27(24-31(34)40)28-17-19-36-32(25-28)41(21-11-23-43,48-38(45)39(3,4)5)30-13-7-9-15-35(30)49-36/h6-9,12-19,24-25,42-43H,1,10-11,20-23H2,2-5H3. The van der Waals surface area contributed by atoms with Crippen LogP contribution in [0.3, 0.4) is 0 Å². The third-order valence-corrected chi connectivity index (χ3v) is 10.3. The molecule has 2 heterocycles. The number of benzene rings is 4. The lowest BCUT2D eigenvalue weighted by Crippen LogP contribution is -2.40. The zero-order chi connectivity index (χ0) is 35.0.